The monoisotopic (exact) mass is 258 g/mol. The van der Waals surface area contributed by atoms with Crippen molar-refractivity contribution in [2.45, 2.75) is 13.3 Å². The highest BCUT2D eigenvalue weighted by Crippen LogP contribution is 2.24. The van der Waals surface area contributed by atoms with Gasteiger partial charge in [0.15, 0.2) is 6.29 Å². The Balaban J connectivity index is 2.22. The molecule has 0 bridgehead atoms. The molecule has 0 fully saturated rings. The first kappa shape index (κ1) is 13.3. The molecule has 0 heterocycles. The fraction of sp³-hybridized carbons (Fsp3) is 0.188. The summed E-state index contributed by atoms with van der Waals surface area (Å²) in [6.45, 7) is 2.73. The minimum absolute atomic E-state index is 0.0756. The van der Waals surface area contributed by atoms with Crippen LogP contribution in [0.3, 0.4) is 0 Å². The Labute approximate surface area is 111 Å². The number of hydrogen-bond donors (Lipinski definition) is 0. The summed E-state index contributed by atoms with van der Waals surface area (Å²) in [6, 6.07) is 12.0. The van der Waals surface area contributed by atoms with Gasteiger partial charge in [-0.3, -0.25) is 4.79 Å². The van der Waals surface area contributed by atoms with Crippen LogP contribution in [0.15, 0.2) is 42.5 Å². The number of rotatable bonds is 5. The van der Waals surface area contributed by atoms with Crippen molar-refractivity contribution in [3.63, 3.8) is 0 Å². The van der Waals surface area contributed by atoms with E-state index in [0.29, 0.717) is 12.9 Å². The molecule has 0 amide bonds. The van der Waals surface area contributed by atoms with E-state index >= 15 is 0 Å². The Morgan fingerprint density at radius 1 is 1.11 bits per heavy atom. The van der Waals surface area contributed by atoms with E-state index in [9.17, 15) is 9.18 Å². The van der Waals surface area contributed by atoms with Crippen molar-refractivity contribution in [2.75, 3.05) is 6.61 Å². The maximum atomic E-state index is 13.5. The third-order valence-corrected chi connectivity index (χ3v) is 2.79. The van der Waals surface area contributed by atoms with Crippen molar-refractivity contribution in [3.8, 4) is 16.9 Å². The smallest absolute Gasteiger partial charge is 0.152 e. The molecule has 0 saturated heterocycles. The number of benzene rings is 2. The average Bonchev–Trinajstić information content (AvgIpc) is 2.45. The maximum Gasteiger partial charge on any atom is 0.152 e. The molecule has 0 radical (unpaired) electrons. The Bertz CT molecular complexity index is 561. The van der Waals surface area contributed by atoms with Crippen molar-refractivity contribution in [1.82, 2.24) is 0 Å². The minimum atomic E-state index is -0.501. The molecule has 2 rings (SSSR count). The molecule has 3 heteroatoms. The molecule has 0 aliphatic carbocycles. The molecule has 0 saturated carbocycles. The Kier molecular flexibility index (Phi) is 4.29. The molecule has 0 atom stereocenters. The van der Waals surface area contributed by atoms with Gasteiger partial charge in [0.1, 0.15) is 11.6 Å². The van der Waals surface area contributed by atoms with Crippen LogP contribution < -0.4 is 4.74 Å². The number of halogens is 1. The standard InChI is InChI=1S/C16H15FO2/c1-2-9-19-15-7-5-12(6-8-15)13-3-4-14(11-18)16(17)10-13/h3-8,10-11H,2,9H2,1H3. The third-order valence-electron chi connectivity index (χ3n) is 2.79. The lowest BCUT2D eigenvalue weighted by atomic mass is 10.0. The largest absolute Gasteiger partial charge is 0.494 e. The molecule has 2 nitrogen and oxygen atoms in total. The number of aldehydes is 1. The first-order valence-corrected chi connectivity index (χ1v) is 6.22. The van der Waals surface area contributed by atoms with E-state index in [1.165, 1.54) is 12.1 Å². The van der Waals surface area contributed by atoms with Gasteiger partial charge in [0.05, 0.1) is 12.2 Å². The zero-order valence-corrected chi connectivity index (χ0v) is 10.7. The van der Waals surface area contributed by atoms with Crippen LogP contribution in [0.5, 0.6) is 5.75 Å². The molecule has 0 aromatic heterocycles. The van der Waals surface area contributed by atoms with Crippen LogP contribution in [0.1, 0.15) is 23.7 Å². The van der Waals surface area contributed by atoms with Gasteiger partial charge in [-0.2, -0.15) is 0 Å². The highest BCUT2D eigenvalue weighted by molar-refractivity contribution is 5.77. The summed E-state index contributed by atoms with van der Waals surface area (Å²) < 4.78 is 19.0. The van der Waals surface area contributed by atoms with Crippen LogP contribution in [-0.4, -0.2) is 12.9 Å². The van der Waals surface area contributed by atoms with Gasteiger partial charge >= 0.3 is 0 Å². The lowest BCUT2D eigenvalue weighted by Crippen LogP contribution is -1.94. The van der Waals surface area contributed by atoms with Gasteiger partial charge in [0.2, 0.25) is 0 Å². The Morgan fingerprint density at radius 3 is 2.37 bits per heavy atom. The Morgan fingerprint density at radius 2 is 1.79 bits per heavy atom. The predicted octanol–water partition coefficient (Wildman–Crippen LogP) is 4.09. The predicted molar refractivity (Wildman–Crippen MR) is 73.0 cm³/mol. The van der Waals surface area contributed by atoms with E-state index in [-0.39, 0.29) is 5.56 Å². The lowest BCUT2D eigenvalue weighted by molar-refractivity contribution is 0.112. The van der Waals surface area contributed by atoms with E-state index < -0.39 is 5.82 Å². The van der Waals surface area contributed by atoms with Crippen molar-refractivity contribution in [3.05, 3.63) is 53.8 Å². The highest BCUT2D eigenvalue weighted by Gasteiger charge is 2.04. The summed E-state index contributed by atoms with van der Waals surface area (Å²) in [6.07, 6.45) is 1.47. The SMILES string of the molecule is CCCOc1ccc(-c2ccc(C=O)c(F)c2)cc1. The molecule has 2 aromatic carbocycles. The van der Waals surface area contributed by atoms with E-state index in [4.69, 9.17) is 4.74 Å². The molecular formula is C16H15FO2. The fourth-order valence-corrected chi connectivity index (χ4v) is 1.77. The zero-order valence-electron chi connectivity index (χ0n) is 10.7. The maximum absolute atomic E-state index is 13.5. The molecule has 0 aliphatic rings. The van der Waals surface area contributed by atoms with Crippen LogP contribution >= 0.6 is 0 Å². The highest BCUT2D eigenvalue weighted by atomic mass is 19.1. The van der Waals surface area contributed by atoms with Crippen LogP contribution in [0, 0.1) is 5.82 Å². The quantitative estimate of drug-likeness (QED) is 0.755. The first-order valence-electron chi connectivity index (χ1n) is 6.22. The van der Waals surface area contributed by atoms with E-state index in [2.05, 4.69) is 0 Å². The van der Waals surface area contributed by atoms with Crippen molar-refractivity contribution >= 4 is 6.29 Å². The number of carbonyl (C=O) groups excluding carboxylic acids is 1. The van der Waals surface area contributed by atoms with Gasteiger partial charge in [0, 0.05) is 0 Å². The minimum Gasteiger partial charge on any atom is -0.494 e. The average molecular weight is 258 g/mol. The number of ether oxygens (including phenoxy) is 1. The second-order valence-electron chi connectivity index (χ2n) is 4.23. The molecule has 0 spiro atoms. The summed E-state index contributed by atoms with van der Waals surface area (Å²) in [5, 5.41) is 0. The van der Waals surface area contributed by atoms with Gasteiger partial charge in [-0.1, -0.05) is 25.1 Å². The van der Waals surface area contributed by atoms with E-state index in [0.717, 1.165) is 23.3 Å². The molecule has 0 N–H and O–H groups in total. The van der Waals surface area contributed by atoms with Gasteiger partial charge < -0.3 is 4.74 Å². The van der Waals surface area contributed by atoms with Gasteiger partial charge in [0.25, 0.3) is 0 Å². The van der Waals surface area contributed by atoms with E-state index in [1.54, 1.807) is 6.07 Å². The first-order chi connectivity index (χ1) is 9.24. The topological polar surface area (TPSA) is 26.3 Å². The fourth-order valence-electron chi connectivity index (χ4n) is 1.77. The summed E-state index contributed by atoms with van der Waals surface area (Å²) in [5.41, 5.74) is 1.71. The van der Waals surface area contributed by atoms with Gasteiger partial charge in [-0.25, -0.2) is 4.39 Å². The summed E-state index contributed by atoms with van der Waals surface area (Å²) in [5.74, 6) is 0.300. The number of carbonyl (C=O) groups is 1. The lowest BCUT2D eigenvalue weighted by Gasteiger charge is -2.06. The van der Waals surface area contributed by atoms with Crippen LogP contribution in [0.2, 0.25) is 0 Å². The molecule has 0 aliphatic heterocycles. The van der Waals surface area contributed by atoms with Crippen LogP contribution in [0.4, 0.5) is 4.39 Å². The molecule has 19 heavy (non-hydrogen) atoms. The summed E-state index contributed by atoms with van der Waals surface area (Å²) in [7, 11) is 0. The zero-order chi connectivity index (χ0) is 13.7. The Hall–Kier alpha value is -2.16. The van der Waals surface area contributed by atoms with E-state index in [1.807, 2.05) is 31.2 Å². The second-order valence-corrected chi connectivity index (χ2v) is 4.23. The van der Waals surface area contributed by atoms with Crippen molar-refractivity contribution in [1.29, 1.82) is 0 Å². The number of hydrogen-bond acceptors (Lipinski definition) is 2. The van der Waals surface area contributed by atoms with Crippen LogP contribution in [-0.2, 0) is 0 Å². The normalized spacial score (nSPS) is 10.2. The molecule has 2 aromatic rings. The van der Waals surface area contributed by atoms with Crippen molar-refractivity contribution < 1.29 is 13.9 Å². The third kappa shape index (κ3) is 3.19. The molecular weight excluding hydrogens is 243 g/mol. The molecule has 98 valence electrons. The van der Waals surface area contributed by atoms with Gasteiger partial charge in [-0.05, 0) is 41.8 Å². The molecule has 0 unspecified atom stereocenters. The summed E-state index contributed by atoms with van der Waals surface area (Å²) >= 11 is 0. The van der Waals surface area contributed by atoms with Crippen LogP contribution in [0.25, 0.3) is 11.1 Å². The van der Waals surface area contributed by atoms with Crippen molar-refractivity contribution in [2.24, 2.45) is 0 Å². The van der Waals surface area contributed by atoms with Gasteiger partial charge in [-0.15, -0.1) is 0 Å². The summed E-state index contributed by atoms with van der Waals surface area (Å²) in [4.78, 5) is 10.6. The second kappa shape index (κ2) is 6.14.